The molecule has 0 fully saturated rings. The number of carbonyl (C=O) groups excluding carboxylic acids is 2. The van der Waals surface area contributed by atoms with E-state index in [2.05, 4.69) is 5.32 Å². The molecule has 5 nitrogen and oxygen atoms in total. The van der Waals surface area contributed by atoms with Crippen LogP contribution in [-0.2, 0) is 11.3 Å². The Balaban J connectivity index is 2.57. The highest BCUT2D eigenvalue weighted by molar-refractivity contribution is 5.96. The van der Waals surface area contributed by atoms with Crippen molar-refractivity contribution in [2.45, 2.75) is 13.5 Å². The predicted molar refractivity (Wildman–Crippen MR) is 70.0 cm³/mol. The Bertz CT molecular complexity index is 432. The minimum atomic E-state index is -0.261. The number of rotatable bonds is 5. The number of carbonyl (C=O) groups is 2. The van der Waals surface area contributed by atoms with Crippen LogP contribution in [0.5, 0.6) is 0 Å². The second kappa shape index (κ2) is 6.76. The van der Waals surface area contributed by atoms with Gasteiger partial charge in [0, 0.05) is 25.7 Å². The van der Waals surface area contributed by atoms with Crippen LogP contribution in [0.2, 0.25) is 0 Å². The Kier molecular flexibility index (Phi) is 5.32. The topological polar surface area (TPSA) is 75.4 Å². The van der Waals surface area contributed by atoms with Crippen LogP contribution in [0.1, 0.15) is 22.8 Å². The van der Waals surface area contributed by atoms with Gasteiger partial charge in [0.05, 0.1) is 6.54 Å². The zero-order valence-corrected chi connectivity index (χ0v) is 10.8. The molecular weight excluding hydrogens is 230 g/mol. The number of benzene rings is 1. The summed E-state index contributed by atoms with van der Waals surface area (Å²) in [5, 5.41) is 2.59. The molecule has 0 spiro atoms. The Morgan fingerprint density at radius 3 is 2.72 bits per heavy atom. The molecule has 1 rings (SSSR count). The van der Waals surface area contributed by atoms with E-state index in [9.17, 15) is 9.59 Å². The molecule has 0 radical (unpaired) electrons. The van der Waals surface area contributed by atoms with Gasteiger partial charge in [0.2, 0.25) is 5.91 Å². The molecule has 18 heavy (non-hydrogen) atoms. The average molecular weight is 249 g/mol. The molecule has 1 aromatic carbocycles. The predicted octanol–water partition coefficient (Wildman–Crippen LogP) is 0.353. The average Bonchev–Trinajstić information content (AvgIpc) is 2.43. The fraction of sp³-hybridized carbons (Fsp3) is 0.385. The molecule has 0 aliphatic carbocycles. The fourth-order valence-corrected chi connectivity index (χ4v) is 1.41. The molecule has 5 heteroatoms. The zero-order chi connectivity index (χ0) is 13.5. The van der Waals surface area contributed by atoms with Crippen LogP contribution in [0.15, 0.2) is 24.3 Å². The van der Waals surface area contributed by atoms with Gasteiger partial charge >= 0.3 is 0 Å². The SMILES string of the molecule is CCN(C)C(=O)CNC(=O)c1cccc(CN)c1. The zero-order valence-electron chi connectivity index (χ0n) is 10.8. The molecule has 0 aliphatic heterocycles. The Labute approximate surface area is 107 Å². The van der Waals surface area contributed by atoms with Gasteiger partial charge in [-0.3, -0.25) is 9.59 Å². The highest BCUT2D eigenvalue weighted by Crippen LogP contribution is 2.04. The first kappa shape index (κ1) is 14.2. The normalized spacial score (nSPS) is 9.94. The molecule has 2 amide bonds. The fourth-order valence-electron chi connectivity index (χ4n) is 1.41. The van der Waals surface area contributed by atoms with Crippen LogP contribution in [-0.4, -0.2) is 36.9 Å². The first-order valence-corrected chi connectivity index (χ1v) is 5.89. The molecule has 0 heterocycles. The monoisotopic (exact) mass is 249 g/mol. The number of nitrogens with two attached hydrogens (primary N) is 1. The van der Waals surface area contributed by atoms with E-state index in [1.165, 1.54) is 0 Å². The summed E-state index contributed by atoms with van der Waals surface area (Å²) in [5.41, 5.74) is 6.91. The largest absolute Gasteiger partial charge is 0.345 e. The maximum atomic E-state index is 11.8. The van der Waals surface area contributed by atoms with Crippen molar-refractivity contribution >= 4 is 11.8 Å². The smallest absolute Gasteiger partial charge is 0.251 e. The number of nitrogens with zero attached hydrogens (tertiary/aromatic N) is 1. The molecule has 0 unspecified atom stereocenters. The second-order valence-electron chi connectivity index (χ2n) is 4.00. The summed E-state index contributed by atoms with van der Waals surface area (Å²) in [5.74, 6) is -0.371. The third kappa shape index (κ3) is 3.85. The second-order valence-corrected chi connectivity index (χ2v) is 4.00. The van der Waals surface area contributed by atoms with Crippen molar-refractivity contribution in [1.82, 2.24) is 10.2 Å². The van der Waals surface area contributed by atoms with E-state index in [4.69, 9.17) is 5.73 Å². The minimum absolute atomic E-state index is 0.00995. The molecule has 1 aromatic rings. The van der Waals surface area contributed by atoms with Crippen molar-refractivity contribution in [2.75, 3.05) is 20.1 Å². The van der Waals surface area contributed by atoms with Crippen molar-refractivity contribution in [3.63, 3.8) is 0 Å². The van der Waals surface area contributed by atoms with Gasteiger partial charge in [-0.05, 0) is 24.6 Å². The summed E-state index contributed by atoms with van der Waals surface area (Å²) in [6.45, 7) is 2.90. The van der Waals surface area contributed by atoms with Crippen LogP contribution in [0.3, 0.4) is 0 Å². The Hall–Kier alpha value is -1.88. The molecule has 0 atom stereocenters. The maximum absolute atomic E-state index is 11.8. The van der Waals surface area contributed by atoms with Crippen molar-refractivity contribution in [3.8, 4) is 0 Å². The number of likely N-dealkylation sites (N-methyl/N-ethyl adjacent to an activating group) is 1. The van der Waals surface area contributed by atoms with Gasteiger partial charge in [-0.1, -0.05) is 12.1 Å². The quantitative estimate of drug-likeness (QED) is 0.791. The third-order valence-electron chi connectivity index (χ3n) is 2.73. The molecule has 0 aliphatic rings. The lowest BCUT2D eigenvalue weighted by atomic mass is 10.1. The van der Waals surface area contributed by atoms with E-state index in [1.54, 1.807) is 30.1 Å². The van der Waals surface area contributed by atoms with E-state index in [1.807, 2.05) is 13.0 Å². The first-order valence-electron chi connectivity index (χ1n) is 5.89. The summed E-state index contributed by atoms with van der Waals surface area (Å²) in [6, 6.07) is 7.05. The number of hydrogen-bond acceptors (Lipinski definition) is 3. The van der Waals surface area contributed by atoms with Crippen LogP contribution in [0, 0.1) is 0 Å². The van der Waals surface area contributed by atoms with E-state index in [0.717, 1.165) is 5.56 Å². The van der Waals surface area contributed by atoms with Crippen LogP contribution < -0.4 is 11.1 Å². The molecule has 98 valence electrons. The Morgan fingerprint density at radius 1 is 1.39 bits per heavy atom. The van der Waals surface area contributed by atoms with Crippen molar-refractivity contribution in [1.29, 1.82) is 0 Å². The van der Waals surface area contributed by atoms with E-state index < -0.39 is 0 Å². The van der Waals surface area contributed by atoms with Crippen LogP contribution >= 0.6 is 0 Å². The van der Waals surface area contributed by atoms with Crippen molar-refractivity contribution in [2.24, 2.45) is 5.73 Å². The number of nitrogens with one attached hydrogen (secondary N) is 1. The lowest BCUT2D eigenvalue weighted by molar-refractivity contribution is -0.128. The van der Waals surface area contributed by atoms with Gasteiger partial charge < -0.3 is 16.0 Å². The van der Waals surface area contributed by atoms with Gasteiger partial charge in [0.1, 0.15) is 0 Å². The lowest BCUT2D eigenvalue weighted by Gasteiger charge is -2.14. The minimum Gasteiger partial charge on any atom is -0.345 e. The number of hydrogen-bond donors (Lipinski definition) is 2. The first-order chi connectivity index (χ1) is 8.58. The molecule has 0 saturated heterocycles. The van der Waals surface area contributed by atoms with Crippen LogP contribution in [0.4, 0.5) is 0 Å². The van der Waals surface area contributed by atoms with Crippen LogP contribution in [0.25, 0.3) is 0 Å². The maximum Gasteiger partial charge on any atom is 0.251 e. The van der Waals surface area contributed by atoms with E-state index in [-0.39, 0.29) is 18.4 Å². The Morgan fingerprint density at radius 2 is 2.11 bits per heavy atom. The summed E-state index contributed by atoms with van der Waals surface area (Å²) in [4.78, 5) is 24.9. The standard InChI is InChI=1S/C13H19N3O2/c1-3-16(2)12(17)9-15-13(18)11-6-4-5-10(7-11)8-14/h4-7H,3,8-9,14H2,1-2H3,(H,15,18). The van der Waals surface area contributed by atoms with Crippen molar-refractivity contribution < 1.29 is 9.59 Å². The molecule has 0 bridgehead atoms. The number of amides is 2. The van der Waals surface area contributed by atoms with Crippen molar-refractivity contribution in [3.05, 3.63) is 35.4 Å². The summed E-state index contributed by atoms with van der Waals surface area (Å²) in [6.07, 6.45) is 0. The van der Waals surface area contributed by atoms with E-state index in [0.29, 0.717) is 18.7 Å². The highest BCUT2D eigenvalue weighted by Gasteiger charge is 2.10. The highest BCUT2D eigenvalue weighted by atomic mass is 16.2. The summed E-state index contributed by atoms with van der Waals surface area (Å²) in [7, 11) is 1.70. The third-order valence-corrected chi connectivity index (χ3v) is 2.73. The van der Waals surface area contributed by atoms with Gasteiger partial charge in [-0.2, -0.15) is 0 Å². The molecular formula is C13H19N3O2. The van der Waals surface area contributed by atoms with Gasteiger partial charge in [0.25, 0.3) is 5.91 Å². The summed E-state index contributed by atoms with van der Waals surface area (Å²) >= 11 is 0. The van der Waals surface area contributed by atoms with Gasteiger partial charge in [0.15, 0.2) is 0 Å². The lowest BCUT2D eigenvalue weighted by Crippen LogP contribution is -2.38. The molecule has 0 aromatic heterocycles. The molecule has 0 saturated carbocycles. The van der Waals surface area contributed by atoms with Gasteiger partial charge in [-0.15, -0.1) is 0 Å². The van der Waals surface area contributed by atoms with Gasteiger partial charge in [-0.25, -0.2) is 0 Å². The summed E-state index contributed by atoms with van der Waals surface area (Å²) < 4.78 is 0. The molecule has 3 N–H and O–H groups in total. The van der Waals surface area contributed by atoms with E-state index >= 15 is 0 Å².